The van der Waals surface area contributed by atoms with Crippen molar-refractivity contribution >= 4 is 35.2 Å². The molecule has 0 radical (unpaired) electrons. The van der Waals surface area contributed by atoms with Crippen LogP contribution in [-0.4, -0.2) is 75.2 Å². The smallest absolute Gasteiger partial charge is 0.328 e. The van der Waals surface area contributed by atoms with Gasteiger partial charge in [-0.25, -0.2) is 4.79 Å². The molecule has 1 aliphatic heterocycles. The van der Waals surface area contributed by atoms with Gasteiger partial charge in [-0.05, 0) is 43.3 Å². The minimum atomic E-state index is -0.723. The fourth-order valence-corrected chi connectivity index (χ4v) is 4.03. The first-order chi connectivity index (χ1) is 20.2. The number of ether oxygens (including phenoxy) is 1. The molecule has 2 aromatic rings. The summed E-state index contributed by atoms with van der Waals surface area (Å²) in [7, 11) is 4.70. The Morgan fingerprint density at radius 1 is 1.07 bits per heavy atom. The van der Waals surface area contributed by atoms with E-state index in [-0.39, 0.29) is 23.9 Å². The number of hydrogen-bond donors (Lipinski definition) is 3. The largest absolute Gasteiger partial charge is 0.467 e. The highest BCUT2D eigenvalue weighted by molar-refractivity contribution is 5.88. The quantitative estimate of drug-likeness (QED) is 0.212. The van der Waals surface area contributed by atoms with Crippen LogP contribution in [0.25, 0.3) is 10.8 Å². The highest BCUT2D eigenvalue weighted by Gasteiger charge is 2.34. The zero-order chi connectivity index (χ0) is 32.5. The van der Waals surface area contributed by atoms with Crippen molar-refractivity contribution in [2.24, 2.45) is 17.4 Å². The summed E-state index contributed by atoms with van der Waals surface area (Å²) >= 11 is 0. The van der Waals surface area contributed by atoms with E-state index in [1.165, 1.54) is 27.0 Å². The Kier molecular flexibility index (Phi) is 25.0. The second kappa shape index (κ2) is 25.6. The van der Waals surface area contributed by atoms with Gasteiger partial charge in [0.1, 0.15) is 18.6 Å². The molecule has 0 saturated carbocycles. The molecule has 0 aliphatic carbocycles. The average molecular weight is 589 g/mol. The number of unbranched alkanes of at least 4 members (excludes halogenated alkanes) is 3. The predicted molar refractivity (Wildman–Crippen MR) is 173 cm³/mol. The van der Waals surface area contributed by atoms with Crippen molar-refractivity contribution in [1.82, 2.24) is 10.2 Å². The van der Waals surface area contributed by atoms with Gasteiger partial charge in [0.25, 0.3) is 0 Å². The number of benzene rings is 2. The summed E-state index contributed by atoms with van der Waals surface area (Å²) < 4.78 is 4.89. The summed E-state index contributed by atoms with van der Waals surface area (Å²) in [4.78, 5) is 45.9. The van der Waals surface area contributed by atoms with Crippen molar-refractivity contribution in [1.29, 1.82) is 0 Å². The Hall–Kier alpha value is -3.14. The predicted octanol–water partition coefficient (Wildman–Crippen LogP) is 4.28. The van der Waals surface area contributed by atoms with Crippen LogP contribution >= 0.6 is 0 Å². The number of carbonyl (C=O) groups excluding carboxylic acids is 4. The molecule has 1 saturated heterocycles. The minimum Gasteiger partial charge on any atom is -0.467 e. The summed E-state index contributed by atoms with van der Waals surface area (Å²) in [6, 6.07) is 13.0. The van der Waals surface area contributed by atoms with E-state index < -0.39 is 12.0 Å². The van der Waals surface area contributed by atoms with Gasteiger partial charge in [0, 0.05) is 31.3 Å². The second-order valence-electron chi connectivity index (χ2n) is 9.96. The Morgan fingerprint density at radius 2 is 1.67 bits per heavy atom. The topological polar surface area (TPSA) is 145 Å². The van der Waals surface area contributed by atoms with Crippen LogP contribution in [0.2, 0.25) is 0 Å². The van der Waals surface area contributed by atoms with E-state index in [4.69, 9.17) is 10.5 Å². The third-order valence-corrected chi connectivity index (χ3v) is 6.14. The van der Waals surface area contributed by atoms with E-state index in [2.05, 4.69) is 18.0 Å². The highest BCUT2D eigenvalue weighted by atomic mass is 16.5. The molecule has 3 unspecified atom stereocenters. The van der Waals surface area contributed by atoms with E-state index in [1.807, 2.05) is 82.1 Å². The van der Waals surface area contributed by atoms with Crippen LogP contribution in [0.1, 0.15) is 72.3 Å². The van der Waals surface area contributed by atoms with E-state index in [0.717, 1.165) is 41.7 Å². The second-order valence-corrected chi connectivity index (χ2v) is 9.96. The normalized spacial score (nSPS) is 16.1. The lowest BCUT2D eigenvalue weighted by atomic mass is 10.0. The number of fused-ring (bicyclic) bond motifs is 1. The fourth-order valence-electron chi connectivity index (χ4n) is 4.03. The number of likely N-dealkylation sites (tertiary alicyclic amines) is 1. The van der Waals surface area contributed by atoms with Gasteiger partial charge in [-0.3, -0.25) is 9.69 Å². The van der Waals surface area contributed by atoms with Gasteiger partial charge in [-0.2, -0.15) is 0 Å². The molecule has 2 aromatic carbocycles. The number of hydrogen-bond acceptors (Lipinski definition) is 8. The van der Waals surface area contributed by atoms with Crippen molar-refractivity contribution < 1.29 is 23.9 Å². The maximum absolute atomic E-state index is 12.6. The van der Waals surface area contributed by atoms with Gasteiger partial charge in [0.15, 0.2) is 0 Å². The average Bonchev–Trinajstić information content (AvgIpc) is 3.36. The number of nitrogens with one attached hydrogen (secondary N) is 1. The molecule has 1 amide bonds. The molecule has 1 fully saturated rings. The van der Waals surface area contributed by atoms with E-state index in [0.29, 0.717) is 19.4 Å². The van der Waals surface area contributed by atoms with E-state index >= 15 is 0 Å². The molecule has 42 heavy (non-hydrogen) atoms. The summed E-state index contributed by atoms with van der Waals surface area (Å²) in [5.74, 6) is -0.428. The molecule has 9 heteroatoms. The molecule has 1 heterocycles. The van der Waals surface area contributed by atoms with Gasteiger partial charge in [-0.15, -0.1) is 0 Å². The number of aldehydes is 2. The number of nitrogens with two attached hydrogens (primary N) is 2. The summed E-state index contributed by atoms with van der Waals surface area (Å²) in [5, 5.41) is 5.08. The van der Waals surface area contributed by atoms with Gasteiger partial charge in [-0.1, -0.05) is 89.9 Å². The number of likely N-dealkylation sites (N-methyl/N-ethyl adjacent to an activating group) is 1. The lowest BCUT2D eigenvalue weighted by molar-refractivity contribution is -0.145. The number of amides is 1. The number of rotatable bonds is 10. The first kappa shape index (κ1) is 41.0. The monoisotopic (exact) mass is 588 g/mol. The fraction of sp³-hybridized carbons (Fsp3) is 0.576. The number of esters is 1. The molecule has 0 spiro atoms. The van der Waals surface area contributed by atoms with Crippen LogP contribution in [0.3, 0.4) is 0 Å². The van der Waals surface area contributed by atoms with Crippen LogP contribution < -0.4 is 16.8 Å². The molecule has 3 atom stereocenters. The molecule has 5 N–H and O–H groups in total. The first-order valence-electron chi connectivity index (χ1n) is 14.9. The van der Waals surface area contributed by atoms with Crippen molar-refractivity contribution in [2.45, 2.75) is 91.3 Å². The van der Waals surface area contributed by atoms with Crippen LogP contribution in [-0.2, 0) is 30.3 Å². The highest BCUT2D eigenvalue weighted by Crippen LogP contribution is 2.18. The standard InChI is InChI=1S/C20H25N3O3.C6H12O.C4H8O.C2H6.CH5N/c1-23-12-16(21)11-18(23)19(24)22-17(20(25)26-2)10-13-7-8-14-5-3-4-6-15(14)9-13;1-2-3-4-5-6-7;1-4(2)3-5;2*1-2/h3-9,16-18H,10-12,21H2,1-2H3,(H,22,24);6H,2-5H2,1H3;3-4H,1-2H3;1-2H3;2H2,1H3. The molecule has 0 bridgehead atoms. The summed E-state index contributed by atoms with van der Waals surface area (Å²) in [6.45, 7) is 10.5. The zero-order valence-corrected chi connectivity index (χ0v) is 27.1. The molecule has 3 rings (SSSR count). The lowest BCUT2D eigenvalue weighted by Gasteiger charge is -2.22. The number of nitrogens with zero attached hydrogens (tertiary/aromatic N) is 1. The third-order valence-electron chi connectivity index (χ3n) is 6.14. The van der Waals surface area contributed by atoms with Gasteiger partial charge >= 0.3 is 5.97 Å². The molecular formula is C33H56N4O5. The minimum absolute atomic E-state index is 0.0205. The van der Waals surface area contributed by atoms with Gasteiger partial charge < -0.3 is 31.1 Å². The lowest BCUT2D eigenvalue weighted by Crippen LogP contribution is -2.49. The Morgan fingerprint density at radius 3 is 2.14 bits per heavy atom. The maximum atomic E-state index is 12.6. The van der Waals surface area contributed by atoms with E-state index in [9.17, 15) is 19.2 Å². The van der Waals surface area contributed by atoms with Crippen molar-refractivity contribution in [3.05, 3.63) is 48.0 Å². The zero-order valence-electron chi connectivity index (χ0n) is 27.1. The molecular weight excluding hydrogens is 532 g/mol. The SMILES string of the molecule is CC.CC(C)C=O.CCCCCC=O.CN.COC(=O)C(Cc1ccc2ccccc2c1)NC(=O)C1CC(N)CN1C. The van der Waals surface area contributed by atoms with Crippen LogP contribution in [0.4, 0.5) is 0 Å². The van der Waals surface area contributed by atoms with Crippen molar-refractivity contribution in [3.8, 4) is 0 Å². The summed E-state index contributed by atoms with van der Waals surface area (Å²) in [6.07, 6.45) is 7.08. The van der Waals surface area contributed by atoms with Crippen molar-refractivity contribution in [2.75, 3.05) is 27.7 Å². The van der Waals surface area contributed by atoms with Crippen LogP contribution in [0, 0.1) is 5.92 Å². The Bertz CT molecular complexity index is 1010. The Labute approximate surface area is 253 Å². The molecule has 0 aromatic heterocycles. The number of methoxy groups -OCH3 is 1. The Balaban J connectivity index is 0. The molecule has 1 aliphatic rings. The van der Waals surface area contributed by atoms with E-state index in [1.54, 1.807) is 0 Å². The summed E-state index contributed by atoms with van der Waals surface area (Å²) in [5.41, 5.74) is 11.4. The third kappa shape index (κ3) is 17.0. The van der Waals surface area contributed by atoms with Gasteiger partial charge in [0.2, 0.25) is 5.91 Å². The maximum Gasteiger partial charge on any atom is 0.328 e. The number of carbonyl (C=O) groups is 4. The molecule has 238 valence electrons. The first-order valence-corrected chi connectivity index (χ1v) is 14.9. The van der Waals surface area contributed by atoms with Crippen molar-refractivity contribution in [3.63, 3.8) is 0 Å². The molecule has 9 nitrogen and oxygen atoms in total. The van der Waals surface area contributed by atoms with Crippen LogP contribution in [0.5, 0.6) is 0 Å². The van der Waals surface area contributed by atoms with Gasteiger partial charge in [0.05, 0.1) is 13.2 Å². The van der Waals surface area contributed by atoms with Crippen LogP contribution in [0.15, 0.2) is 42.5 Å².